The highest BCUT2D eigenvalue weighted by molar-refractivity contribution is 8.14. The first-order chi connectivity index (χ1) is 43.7. The van der Waals surface area contributed by atoms with Crippen LogP contribution < -0.4 is 0 Å². The van der Waals surface area contributed by atoms with E-state index in [1.807, 2.05) is 0 Å². The fraction of sp³-hybridized carbons (Fsp3) is 0.375. The Hall–Kier alpha value is -4.32. The molecule has 2 N–H and O–H groups in total. The van der Waals surface area contributed by atoms with Gasteiger partial charge in [0.1, 0.15) is 22.6 Å². The number of nitrogens with one attached hydrogen (secondary N) is 2. The smallest absolute Gasteiger partial charge is 0.171 e. The molecule has 0 spiro atoms. The Labute approximate surface area is 546 Å². The minimum Gasteiger partial charge on any atom is -0.376 e. The van der Waals surface area contributed by atoms with E-state index in [9.17, 15) is 0 Å². The molecule has 0 aliphatic carbocycles. The Morgan fingerprint density at radius 2 is 0.432 bits per heavy atom. The summed E-state index contributed by atoms with van der Waals surface area (Å²) in [6.45, 7) is 7.92. The molecule has 6 aliphatic heterocycles. The molecule has 0 unspecified atom stereocenters. The van der Waals surface area contributed by atoms with Crippen LogP contribution in [0.25, 0.3) is 42.2 Å². The first-order valence-corrected chi connectivity index (χ1v) is 37.3. The van der Waals surface area contributed by atoms with Crippen LogP contribution in [-0.2, 0) is 90.7 Å². The first-order valence-electron chi connectivity index (χ1n) is 29.4. The van der Waals surface area contributed by atoms with Crippen molar-refractivity contribution in [2.45, 2.75) is 72.4 Å². The lowest BCUT2D eigenvalue weighted by molar-refractivity contribution is 0.122. The Balaban J connectivity index is 0.983. The van der Waals surface area contributed by atoms with Gasteiger partial charge in [0.15, 0.2) is 23.3 Å². The van der Waals surface area contributed by atoms with E-state index in [0.717, 1.165) is 83.7 Å². The zero-order valence-corrected chi connectivity index (χ0v) is 55.0. The summed E-state index contributed by atoms with van der Waals surface area (Å²) in [5.41, 5.74) is 11.7. The lowest BCUT2D eigenvalue weighted by atomic mass is 10.1. The molecule has 8 bridgehead atoms. The Morgan fingerprint density at radius 3 is 0.659 bits per heavy atom. The summed E-state index contributed by atoms with van der Waals surface area (Å²) in [6, 6.07) is 33.4. The van der Waals surface area contributed by atoms with Crippen molar-refractivity contribution in [3.05, 3.63) is 165 Å². The number of rotatable bonds is 0. The van der Waals surface area contributed by atoms with E-state index >= 15 is 0 Å². The van der Waals surface area contributed by atoms with Gasteiger partial charge in [0.2, 0.25) is 0 Å². The Morgan fingerprint density at radius 1 is 0.239 bits per heavy atom. The van der Waals surface area contributed by atoms with Gasteiger partial charge in [-0.05, 0) is 44.5 Å². The maximum absolute atomic E-state index is 6.41. The summed E-state index contributed by atoms with van der Waals surface area (Å²) >= 11 is 13.6. The Kier molecular flexibility index (Phi) is 22.6. The van der Waals surface area contributed by atoms with E-state index in [2.05, 4.69) is 107 Å². The van der Waals surface area contributed by atoms with Crippen LogP contribution in [-0.4, -0.2) is 139 Å². The van der Waals surface area contributed by atoms with Gasteiger partial charge in [0.25, 0.3) is 0 Å². The van der Waals surface area contributed by atoms with Crippen LogP contribution in [0.15, 0.2) is 117 Å². The van der Waals surface area contributed by atoms with Crippen molar-refractivity contribution < 1.29 is 37.9 Å². The van der Waals surface area contributed by atoms with Gasteiger partial charge in [-0.1, -0.05) is 97.1 Å². The number of aromatic amines is 2. The molecular weight excluding hydrogens is 1270 g/mol. The molecule has 16 nitrogen and oxygen atoms in total. The van der Waals surface area contributed by atoms with Crippen molar-refractivity contribution in [2.24, 2.45) is 0 Å². The molecule has 88 heavy (non-hydrogen) atoms. The van der Waals surface area contributed by atoms with Crippen molar-refractivity contribution in [3.63, 3.8) is 0 Å². The van der Waals surface area contributed by atoms with Crippen LogP contribution in [0, 0.1) is 0 Å². The van der Waals surface area contributed by atoms with Crippen molar-refractivity contribution >= 4 is 136 Å². The van der Waals surface area contributed by atoms with Gasteiger partial charge in [0.05, 0.1) is 145 Å². The van der Waals surface area contributed by atoms with Crippen LogP contribution in [0.2, 0.25) is 0 Å². The van der Waals surface area contributed by atoms with Crippen molar-refractivity contribution in [2.75, 3.05) is 98.9 Å². The largest absolute Gasteiger partial charge is 0.376 e. The van der Waals surface area contributed by atoms with Gasteiger partial charge in [-0.15, -0.1) is 94.1 Å². The van der Waals surface area contributed by atoms with Crippen molar-refractivity contribution in [3.8, 4) is 0 Å². The molecule has 7 aromatic rings. The molecule has 0 fully saturated rings. The highest BCUT2D eigenvalue weighted by Crippen LogP contribution is 2.48. The predicted octanol–water partition coefficient (Wildman–Crippen LogP) is 13.8. The fourth-order valence-electron chi connectivity index (χ4n) is 10.2. The van der Waals surface area contributed by atoms with Crippen LogP contribution in [0.3, 0.4) is 0 Å². The number of thioether (sulfide) groups is 8. The number of aromatic nitrogens is 8. The molecule has 0 amide bonds. The molecule has 4 aromatic carbocycles. The zero-order chi connectivity index (χ0) is 59.1. The quantitative estimate of drug-likeness (QED) is 0.146. The number of hydrogen-bond acceptors (Lipinski definition) is 22. The molecule has 0 saturated carbocycles. The van der Waals surface area contributed by atoms with Crippen molar-refractivity contribution in [1.82, 2.24) is 39.9 Å². The molecule has 0 radical (unpaired) electrons. The normalized spacial score (nSPS) is 18.8. The van der Waals surface area contributed by atoms with E-state index in [4.69, 9.17) is 67.8 Å². The van der Waals surface area contributed by atoms with E-state index in [1.54, 1.807) is 94.1 Å². The van der Waals surface area contributed by atoms with E-state index in [0.29, 0.717) is 198 Å². The van der Waals surface area contributed by atoms with E-state index in [1.165, 1.54) is 0 Å². The van der Waals surface area contributed by atoms with Gasteiger partial charge in [-0.25, -0.2) is 29.9 Å². The van der Waals surface area contributed by atoms with Crippen LogP contribution >= 0.6 is 94.1 Å². The second kappa shape index (κ2) is 31.8. The van der Waals surface area contributed by atoms with Gasteiger partial charge >= 0.3 is 0 Å². The Bertz CT molecular complexity index is 3590. The summed E-state index contributed by atoms with van der Waals surface area (Å²) in [4.78, 5) is 48.4. The van der Waals surface area contributed by atoms with Crippen molar-refractivity contribution in [1.29, 1.82) is 0 Å². The molecule has 3 aromatic heterocycles. The minimum atomic E-state index is 0.482. The third kappa shape index (κ3) is 15.8. The lowest BCUT2D eigenvalue weighted by Crippen LogP contribution is -2.05. The third-order valence-electron chi connectivity index (χ3n) is 14.6. The van der Waals surface area contributed by atoms with Gasteiger partial charge < -0.3 is 47.9 Å². The highest BCUT2D eigenvalue weighted by atomic mass is 32.2. The lowest BCUT2D eigenvalue weighted by Gasteiger charge is -2.13. The molecule has 13 rings (SSSR count). The number of H-pyrrole nitrogens is 2. The summed E-state index contributed by atoms with van der Waals surface area (Å²) in [5.74, 6) is 7.43. The zero-order valence-electron chi connectivity index (χ0n) is 48.4. The monoisotopic (exact) mass is 1330 g/mol. The summed E-state index contributed by atoms with van der Waals surface area (Å²) in [6.07, 6.45) is 0. The molecule has 0 saturated heterocycles. The average molecular weight is 1330 g/mol. The summed E-state index contributed by atoms with van der Waals surface area (Å²) in [7, 11) is 0. The SMILES string of the molecule is c1ccc2c(c1)COCCSC1=C(SCCOC2)c2nc1nc1nc(nc3[nH]c(nc4[nH]c(n2)c2c4SCCOCc4ccccc4COCCS2)c2c3SCCOCc3ccccc3COCCS2)C2=C1SCCOCc1ccccc1COCCS2. The first kappa shape index (κ1) is 62.5. The fourth-order valence-corrected chi connectivity index (χ4v) is 18.5. The van der Waals surface area contributed by atoms with Crippen LogP contribution in [0.4, 0.5) is 0 Å². The average Bonchev–Trinajstić information content (AvgIpc) is 2.59. The maximum Gasteiger partial charge on any atom is 0.171 e. The van der Waals surface area contributed by atoms with Gasteiger partial charge in [-0.2, -0.15) is 0 Å². The number of benzene rings is 4. The van der Waals surface area contributed by atoms with Gasteiger partial charge in [-0.3, -0.25) is 0 Å². The molecule has 24 heteroatoms. The number of fused-ring (bicyclic) bond motifs is 22. The van der Waals surface area contributed by atoms with Crippen LogP contribution in [0.5, 0.6) is 0 Å². The molecule has 9 heterocycles. The van der Waals surface area contributed by atoms with Gasteiger partial charge in [0, 0.05) is 46.0 Å². The molecular formula is C64H66N8O8S8. The standard InChI is InChI=1S/C64H66N8O8S8/c1-2-10-42-34-74-18-26-82-50-49(81-25-17-73-33-41(42)9-1)57-65-58(50)70-60-53-54(86-30-22-78-38-46-14-6-5-13-45(46)37-77-21-29-85-53)62(67-60)72-64-56-55(87-31-23-79-39-47-15-7-8-16-48(47)40-80-24-32-88-56)63(68-64)71-61-52-51(59(66-61)69-57)83-27-19-75-35-43-11-3-4-12-44(43)36-76-20-28-84-52/h1-16H,17-40H2,(H2,65,66,67,68,69,70,71,72). The van der Waals surface area contributed by atoms with E-state index < -0.39 is 0 Å². The topological polar surface area (TPSA) is 183 Å². The van der Waals surface area contributed by atoms with Crippen LogP contribution in [0.1, 0.15) is 67.8 Å². The number of nitrogens with zero attached hydrogens (tertiary/aromatic N) is 6. The molecule has 0 atom stereocenters. The third-order valence-corrected chi connectivity index (χ3v) is 23.5. The summed E-state index contributed by atoms with van der Waals surface area (Å²) in [5, 5.41) is 0. The predicted molar refractivity (Wildman–Crippen MR) is 362 cm³/mol. The second-order valence-electron chi connectivity index (χ2n) is 20.5. The summed E-state index contributed by atoms with van der Waals surface area (Å²) < 4.78 is 51.3. The minimum absolute atomic E-state index is 0.482. The van der Waals surface area contributed by atoms with E-state index in [-0.39, 0.29) is 0 Å². The second-order valence-corrected chi connectivity index (χ2v) is 29.4. The number of ether oxygens (including phenoxy) is 8. The molecule has 6 aliphatic rings. The highest BCUT2D eigenvalue weighted by Gasteiger charge is 2.30. The molecule has 458 valence electrons. The maximum atomic E-state index is 6.41. The number of hydrogen-bond donors (Lipinski definition) is 2.